The topological polar surface area (TPSA) is 403 Å². The molecule has 2 aromatic carbocycles. The molecule has 32 heteroatoms. The lowest BCUT2D eigenvalue weighted by atomic mass is 9.74. The van der Waals surface area contributed by atoms with E-state index in [0.29, 0.717) is 80.3 Å². The van der Waals surface area contributed by atoms with Crippen molar-refractivity contribution in [2.75, 3.05) is 67.2 Å². The largest absolute Gasteiger partial charge is 0.481 e. The van der Waals surface area contributed by atoms with E-state index in [1.54, 1.807) is 6.07 Å². The van der Waals surface area contributed by atoms with E-state index in [0.717, 1.165) is 66.9 Å². The van der Waals surface area contributed by atoms with Crippen LogP contribution in [0.25, 0.3) is 42.4 Å². The van der Waals surface area contributed by atoms with Crippen molar-refractivity contribution in [3.63, 3.8) is 0 Å². The highest BCUT2D eigenvalue weighted by molar-refractivity contribution is 7.86. The van der Waals surface area contributed by atoms with Crippen LogP contribution in [-0.2, 0) is 56.1 Å². The van der Waals surface area contributed by atoms with Crippen LogP contribution in [-0.4, -0.2) is 169 Å². The number of thiophene rings is 2. The summed E-state index contributed by atoms with van der Waals surface area (Å²) >= 11 is 2.77. The molecule has 6 heterocycles. The van der Waals surface area contributed by atoms with E-state index >= 15 is 0 Å². The number of aliphatic carboxylic acids is 1. The number of carboxylic acid groups (broad SMARTS) is 1. The Balaban J connectivity index is 1.30. The summed E-state index contributed by atoms with van der Waals surface area (Å²) in [6.07, 6.45) is 11.4. The molecule has 0 saturated heterocycles. The van der Waals surface area contributed by atoms with Crippen molar-refractivity contribution >= 4 is 130 Å². The molecule has 2 aliphatic rings. The molecule has 0 radical (unpaired) electrons. The summed E-state index contributed by atoms with van der Waals surface area (Å²) in [7, 11) is -17.8. The van der Waals surface area contributed by atoms with Crippen LogP contribution in [0.4, 0.5) is 11.4 Å². The molecule has 9 N–H and O–H groups in total. The molecule has 8 rings (SSSR count). The van der Waals surface area contributed by atoms with Crippen molar-refractivity contribution in [3.05, 3.63) is 117 Å². The molecule has 0 spiro atoms. The van der Waals surface area contributed by atoms with Gasteiger partial charge in [0.25, 0.3) is 64.1 Å². The number of aromatic nitrogens is 2. The first kappa shape index (κ1) is 76.4. The van der Waals surface area contributed by atoms with Crippen molar-refractivity contribution in [1.29, 1.82) is 0 Å². The second-order valence-corrected chi connectivity index (χ2v) is 32.9. The number of allylic oxidation sites excluding steroid dienone is 4. The van der Waals surface area contributed by atoms with Gasteiger partial charge in [0, 0.05) is 94.2 Å². The Kier molecular flexibility index (Phi) is 25.2. The molecule has 0 bridgehead atoms. The predicted molar refractivity (Wildman–Crippen MR) is 379 cm³/mol. The van der Waals surface area contributed by atoms with Gasteiger partial charge in [-0.2, -0.15) is 38.2 Å². The number of benzene rings is 2. The smallest absolute Gasteiger partial charge is 0.303 e. The molecule has 98 heavy (non-hydrogen) atoms. The first-order chi connectivity index (χ1) is 46.2. The second-order valence-electron chi connectivity index (χ2n) is 24.8. The SMILES string of the molecule is CCCCCNC(=O)c1cc(-c2cc3c(c4ccsc24)[N+](CCCS(=O)(=O)O)=C(/C=C/C=C2/N(CCC)c4c(cc(-c5cc(C(=O)NCCCCCC(=O)O)nc(C(=O)NCCS(=O)(=O)O)c5)c5sccc45)C2(C)CCCS(=O)(=O)O)C3(C)CCC)cc(C(=O)NCCS(=O)(=O)O)n1. The highest BCUT2D eigenvalue weighted by Crippen LogP contribution is 2.56. The molecule has 530 valence electrons. The lowest BCUT2D eigenvalue weighted by Crippen LogP contribution is -2.32. The number of unbranched alkanes of at least 4 members (excludes halogenated alkanes) is 4. The Morgan fingerprint density at radius 3 is 1.52 bits per heavy atom. The van der Waals surface area contributed by atoms with Crippen LogP contribution < -0.4 is 26.2 Å². The minimum atomic E-state index is -4.49. The first-order valence-electron chi connectivity index (χ1n) is 32.3. The Morgan fingerprint density at radius 1 is 0.551 bits per heavy atom. The summed E-state index contributed by atoms with van der Waals surface area (Å²) in [6, 6.07) is 13.9. The fourth-order valence-corrected chi connectivity index (χ4v) is 16.5. The number of nitrogens with zero attached hydrogens (tertiary/aromatic N) is 4. The number of anilines is 1. The van der Waals surface area contributed by atoms with Gasteiger partial charge in [-0.15, -0.1) is 22.7 Å². The molecule has 2 aliphatic heterocycles. The lowest BCUT2D eigenvalue weighted by molar-refractivity contribution is -0.435. The van der Waals surface area contributed by atoms with Gasteiger partial charge in [0.05, 0.1) is 39.5 Å². The van der Waals surface area contributed by atoms with Gasteiger partial charge in [0.15, 0.2) is 5.71 Å². The van der Waals surface area contributed by atoms with Gasteiger partial charge in [-0.05, 0) is 141 Å². The number of amides is 4. The number of carbonyl (C=O) groups is 5. The molecule has 0 aliphatic carbocycles. The average molecular weight is 1470 g/mol. The minimum absolute atomic E-state index is 0.00610. The van der Waals surface area contributed by atoms with Gasteiger partial charge in [0.2, 0.25) is 5.69 Å². The third-order valence-electron chi connectivity index (χ3n) is 17.3. The van der Waals surface area contributed by atoms with Crippen LogP contribution >= 0.6 is 22.7 Å². The molecular formula is C66H83N8O18S6+. The molecule has 2 unspecified atom stereocenters. The van der Waals surface area contributed by atoms with Crippen molar-refractivity contribution < 1.29 is 85.5 Å². The number of carboxylic acids is 1. The van der Waals surface area contributed by atoms with Crippen LogP contribution in [0.2, 0.25) is 0 Å². The maximum absolute atomic E-state index is 14.0. The zero-order valence-corrected chi connectivity index (χ0v) is 59.9. The Morgan fingerprint density at radius 2 is 1.03 bits per heavy atom. The van der Waals surface area contributed by atoms with Gasteiger partial charge < -0.3 is 31.3 Å². The molecule has 26 nitrogen and oxygen atoms in total. The van der Waals surface area contributed by atoms with E-state index in [2.05, 4.69) is 43.1 Å². The number of hydrogen-bond acceptors (Lipinski definition) is 18. The van der Waals surface area contributed by atoms with Crippen LogP contribution in [0.1, 0.15) is 171 Å². The molecule has 6 aromatic rings. The zero-order valence-electron chi connectivity index (χ0n) is 55.1. The number of hydrogen-bond donors (Lipinski definition) is 9. The minimum Gasteiger partial charge on any atom is -0.481 e. The average Bonchev–Trinajstić information content (AvgIpc) is 1.56. The van der Waals surface area contributed by atoms with Crippen molar-refractivity contribution in [2.45, 2.75) is 129 Å². The summed E-state index contributed by atoms with van der Waals surface area (Å²) in [4.78, 5) is 77.7. The highest BCUT2D eigenvalue weighted by Gasteiger charge is 2.49. The van der Waals surface area contributed by atoms with Gasteiger partial charge in [-0.25, -0.2) is 9.97 Å². The highest BCUT2D eigenvalue weighted by atomic mass is 32.2. The van der Waals surface area contributed by atoms with Gasteiger partial charge in [-0.3, -0.25) is 42.2 Å². The maximum atomic E-state index is 14.0. The summed E-state index contributed by atoms with van der Waals surface area (Å²) < 4.78 is 139. The van der Waals surface area contributed by atoms with E-state index in [4.69, 9.17) is 5.11 Å². The van der Waals surface area contributed by atoms with Crippen LogP contribution in [0, 0.1) is 0 Å². The number of nitrogens with one attached hydrogen (secondary N) is 4. The Labute approximate surface area is 578 Å². The van der Waals surface area contributed by atoms with E-state index in [-0.39, 0.29) is 61.5 Å². The van der Waals surface area contributed by atoms with Crippen LogP contribution in [0.5, 0.6) is 0 Å². The summed E-state index contributed by atoms with van der Waals surface area (Å²) in [5.74, 6) is -6.53. The second kappa shape index (κ2) is 32.3. The van der Waals surface area contributed by atoms with E-state index in [1.807, 2.05) is 85.5 Å². The molecule has 0 saturated carbocycles. The third kappa shape index (κ3) is 18.9. The third-order valence-corrected chi connectivity index (χ3v) is 22.3. The van der Waals surface area contributed by atoms with E-state index in [9.17, 15) is 75.9 Å². The van der Waals surface area contributed by atoms with E-state index in [1.165, 1.54) is 40.9 Å². The lowest BCUT2D eigenvalue weighted by Gasteiger charge is -2.30. The van der Waals surface area contributed by atoms with Crippen LogP contribution in [0.15, 0.2) is 83.2 Å². The van der Waals surface area contributed by atoms with Gasteiger partial charge in [0.1, 0.15) is 29.3 Å². The van der Waals surface area contributed by atoms with Crippen LogP contribution in [0.3, 0.4) is 0 Å². The fourth-order valence-electron chi connectivity index (χ4n) is 12.9. The normalized spacial score (nSPS) is 16.9. The number of fused-ring (bicyclic) bond motifs is 6. The number of carbonyl (C=O) groups excluding carboxylic acids is 4. The Bertz CT molecular complexity index is 4620. The summed E-state index contributed by atoms with van der Waals surface area (Å²) in [6.45, 7) is 10.2. The van der Waals surface area contributed by atoms with Gasteiger partial charge >= 0.3 is 5.97 Å². The molecular weight excluding hydrogens is 1390 g/mol. The molecule has 4 aromatic heterocycles. The monoisotopic (exact) mass is 1470 g/mol. The maximum Gasteiger partial charge on any atom is 0.303 e. The summed E-state index contributed by atoms with van der Waals surface area (Å²) in [5.41, 5.74) is 3.90. The van der Waals surface area contributed by atoms with Crippen molar-refractivity contribution in [3.8, 4) is 22.3 Å². The molecule has 2 atom stereocenters. The quantitative estimate of drug-likeness (QED) is 0.0100. The zero-order chi connectivity index (χ0) is 71.5. The van der Waals surface area contributed by atoms with Gasteiger partial charge in [-0.1, -0.05) is 52.5 Å². The summed E-state index contributed by atoms with van der Waals surface area (Å²) in [5, 5.41) is 25.0. The van der Waals surface area contributed by atoms with Crippen molar-refractivity contribution in [1.82, 2.24) is 31.2 Å². The number of rotatable bonds is 36. The molecule has 4 amide bonds. The first-order valence-corrected chi connectivity index (χ1v) is 40.5. The van der Waals surface area contributed by atoms with Crippen molar-refractivity contribution in [2.24, 2.45) is 0 Å². The standard InChI is InChI=1S/C66H82N8O18S6/c1-6-9-12-24-67-61(77)50-36-42(38-52(71-50)63(79)69-26-34-97(87,88)89)46-40-48-58(45-21-31-94-60(45)46)74(29-16-33-96(84,85)86)54(65(48,4)22-7-2)17-14-18-55-66(5,23-15-32-95(81,82)83)49-41-47(59-44(20-30-93-59)57(49)73(55)28-8-3)43-37-51(62(78)68-25-13-10-11-19-56(75)76)72-53(39-43)64(80)70-27-35-98(90,91)92/h14,17-18,20-21,30-31,36-41H,6-13,15-16,19,22-29,32-35H2,1-5H3,(H8-,67,68,69,70,75,76,77,78,79,80,81,82,83,84,85,86,87,88,89,90,91,92)/p+1. The number of pyridine rings is 2. The predicted octanol–water partition coefficient (Wildman–Crippen LogP) is 9.50. The molecule has 0 fully saturated rings. The van der Waals surface area contributed by atoms with E-state index < -0.39 is 117 Å². The Hall–Kier alpha value is -7.40. The fraction of sp³-hybridized carbons (Fsp3) is 0.455.